The molecule has 0 aliphatic carbocycles. The topological polar surface area (TPSA) is 71.6 Å². The maximum atomic E-state index is 12.7. The van der Waals surface area contributed by atoms with E-state index in [1.807, 2.05) is 25.1 Å². The van der Waals surface area contributed by atoms with Crippen molar-refractivity contribution in [2.24, 2.45) is 5.92 Å². The molecule has 1 amide bonds. The molecule has 1 aromatic rings. The summed E-state index contributed by atoms with van der Waals surface area (Å²) in [6.45, 7) is 8.93. The smallest absolute Gasteiger partial charge is 0.240 e. The number of methoxy groups -OCH3 is 1. The summed E-state index contributed by atoms with van der Waals surface area (Å²) in [5.41, 5.74) is 7.27. The number of carbonyl (C=O) groups excluding carboxylic acids is 1. The molecule has 0 spiro atoms. The number of halogens is 1. The first-order chi connectivity index (χ1) is 12.4. The Morgan fingerprint density at radius 1 is 1.27 bits per heavy atom. The predicted octanol–water partition coefficient (Wildman–Crippen LogP) is 2.93. The Labute approximate surface area is 164 Å². The van der Waals surface area contributed by atoms with Gasteiger partial charge in [-0.05, 0) is 37.0 Å². The molecule has 1 aliphatic rings. The van der Waals surface area contributed by atoms with Crippen molar-refractivity contribution in [2.45, 2.75) is 57.1 Å². The number of benzene rings is 1. The van der Waals surface area contributed by atoms with E-state index < -0.39 is 0 Å². The van der Waals surface area contributed by atoms with Crippen molar-refractivity contribution in [3.8, 4) is 11.5 Å². The van der Waals surface area contributed by atoms with Crippen LogP contribution in [-0.2, 0) is 4.79 Å². The van der Waals surface area contributed by atoms with Crippen LogP contribution in [0.1, 0.15) is 45.7 Å². The molecule has 146 valence electrons. The molecule has 26 heavy (non-hydrogen) atoms. The lowest BCUT2D eigenvalue weighted by molar-refractivity contribution is -0.123. The van der Waals surface area contributed by atoms with Crippen LogP contribution in [0.2, 0.25) is 0 Å². The van der Waals surface area contributed by atoms with Gasteiger partial charge in [0.15, 0.2) is 11.5 Å². The lowest BCUT2D eigenvalue weighted by atomic mass is 9.99. The minimum Gasteiger partial charge on any atom is -0.493 e. The quantitative estimate of drug-likeness (QED) is 0.556. The number of nitrogens with one attached hydrogen (secondary N) is 3. The number of amides is 1. The monoisotopic (exact) mass is 427 g/mol. The highest BCUT2D eigenvalue weighted by molar-refractivity contribution is 9.09. The van der Waals surface area contributed by atoms with Crippen molar-refractivity contribution in [3.05, 3.63) is 23.8 Å². The van der Waals surface area contributed by atoms with Gasteiger partial charge in [-0.15, -0.1) is 0 Å². The third-order valence-electron chi connectivity index (χ3n) is 4.58. The van der Waals surface area contributed by atoms with Gasteiger partial charge in [-0.25, -0.2) is 5.43 Å². The Hall–Kier alpha value is -1.31. The molecule has 0 bridgehead atoms. The van der Waals surface area contributed by atoms with Gasteiger partial charge in [-0.3, -0.25) is 10.2 Å². The molecule has 1 saturated heterocycles. The second kappa shape index (κ2) is 9.58. The fraction of sp³-hybridized carbons (Fsp3) is 0.632. The first-order valence-corrected chi connectivity index (χ1v) is 10.1. The van der Waals surface area contributed by atoms with Gasteiger partial charge in [0.1, 0.15) is 6.04 Å². The molecule has 0 saturated carbocycles. The summed E-state index contributed by atoms with van der Waals surface area (Å²) in [5.74, 6) is 1.77. The van der Waals surface area contributed by atoms with E-state index in [1.54, 1.807) is 7.11 Å². The molecule has 0 aromatic heterocycles. The first kappa shape index (κ1) is 21.0. The fourth-order valence-electron chi connectivity index (χ4n) is 2.97. The lowest BCUT2D eigenvalue weighted by Crippen LogP contribution is -2.46. The molecule has 3 N–H and O–H groups in total. The van der Waals surface area contributed by atoms with Crippen LogP contribution >= 0.6 is 15.9 Å². The Morgan fingerprint density at radius 3 is 2.58 bits per heavy atom. The van der Waals surface area contributed by atoms with Crippen LogP contribution < -0.4 is 25.6 Å². The first-order valence-electron chi connectivity index (χ1n) is 9.15. The summed E-state index contributed by atoms with van der Waals surface area (Å²) in [6, 6.07) is 5.51. The number of alkyl halides is 1. The van der Waals surface area contributed by atoms with Gasteiger partial charge in [0.2, 0.25) is 5.91 Å². The highest BCUT2D eigenvalue weighted by atomic mass is 79.9. The van der Waals surface area contributed by atoms with E-state index in [-0.39, 0.29) is 28.9 Å². The van der Waals surface area contributed by atoms with Crippen LogP contribution in [0.25, 0.3) is 0 Å². The maximum absolute atomic E-state index is 12.7. The third-order valence-corrected chi connectivity index (χ3v) is 5.67. The lowest BCUT2D eigenvalue weighted by Gasteiger charge is -2.22. The van der Waals surface area contributed by atoms with Crippen molar-refractivity contribution < 1.29 is 14.3 Å². The largest absolute Gasteiger partial charge is 0.493 e. The van der Waals surface area contributed by atoms with Gasteiger partial charge in [0.25, 0.3) is 0 Å². The molecule has 4 unspecified atom stereocenters. The van der Waals surface area contributed by atoms with Crippen molar-refractivity contribution in [2.75, 3.05) is 13.7 Å². The third kappa shape index (κ3) is 4.90. The van der Waals surface area contributed by atoms with Crippen LogP contribution in [0.3, 0.4) is 0 Å². The molecule has 1 heterocycles. The number of rotatable bonds is 8. The molecular formula is C19H30BrN3O3. The molecule has 1 fully saturated rings. The molecule has 7 heteroatoms. The number of ether oxygens (including phenoxy) is 2. The molecule has 1 aliphatic heterocycles. The Kier molecular flexibility index (Phi) is 7.73. The summed E-state index contributed by atoms with van der Waals surface area (Å²) in [5, 5.41) is 3.07. The SMILES string of the molecule is CCCOc1ccc(C(C)NC(=O)C2NNC(C(C)C)C2Br)cc1OC. The molecule has 4 atom stereocenters. The van der Waals surface area contributed by atoms with Gasteiger partial charge in [0.05, 0.1) is 24.6 Å². The Balaban J connectivity index is 2.03. The van der Waals surface area contributed by atoms with E-state index in [0.29, 0.717) is 18.3 Å². The normalized spacial score (nSPS) is 23.7. The zero-order valence-electron chi connectivity index (χ0n) is 16.1. The number of carbonyl (C=O) groups is 1. The minimum absolute atomic E-state index is 0.0362. The van der Waals surface area contributed by atoms with Crippen molar-refractivity contribution in [1.29, 1.82) is 0 Å². The van der Waals surface area contributed by atoms with Crippen LogP contribution in [0, 0.1) is 5.92 Å². The Morgan fingerprint density at radius 2 is 2.00 bits per heavy atom. The van der Waals surface area contributed by atoms with E-state index in [1.165, 1.54) is 0 Å². The fourth-order valence-corrected chi connectivity index (χ4v) is 4.08. The maximum Gasteiger partial charge on any atom is 0.240 e. The standard InChI is InChI=1S/C19H30BrN3O3/c1-6-9-26-14-8-7-13(10-15(14)25-5)12(4)21-19(24)18-16(20)17(11(2)3)22-23-18/h7-8,10-12,16-18,22-23H,6,9H2,1-5H3,(H,21,24). The van der Waals surface area contributed by atoms with Crippen molar-refractivity contribution >= 4 is 21.8 Å². The van der Waals surface area contributed by atoms with E-state index in [2.05, 4.69) is 52.9 Å². The molecule has 6 nitrogen and oxygen atoms in total. The highest BCUT2D eigenvalue weighted by Gasteiger charge is 2.40. The second-order valence-electron chi connectivity index (χ2n) is 6.97. The van der Waals surface area contributed by atoms with Crippen LogP contribution in [0.15, 0.2) is 18.2 Å². The second-order valence-corrected chi connectivity index (χ2v) is 8.03. The summed E-state index contributed by atoms with van der Waals surface area (Å²) in [6.07, 6.45) is 0.935. The molecule has 0 radical (unpaired) electrons. The molecule has 1 aromatic carbocycles. The van der Waals surface area contributed by atoms with Crippen molar-refractivity contribution in [3.63, 3.8) is 0 Å². The van der Waals surface area contributed by atoms with Gasteiger partial charge in [-0.2, -0.15) is 0 Å². The number of hydrogen-bond donors (Lipinski definition) is 3. The highest BCUT2D eigenvalue weighted by Crippen LogP contribution is 2.30. The zero-order valence-corrected chi connectivity index (χ0v) is 17.7. The van der Waals surface area contributed by atoms with Gasteiger partial charge in [-0.1, -0.05) is 42.8 Å². The van der Waals surface area contributed by atoms with E-state index in [9.17, 15) is 4.79 Å². The summed E-state index contributed by atoms with van der Waals surface area (Å²) >= 11 is 3.65. The molecular weight excluding hydrogens is 398 g/mol. The van der Waals surface area contributed by atoms with E-state index in [4.69, 9.17) is 9.47 Å². The summed E-state index contributed by atoms with van der Waals surface area (Å²) in [4.78, 5) is 12.7. The van der Waals surface area contributed by atoms with Crippen LogP contribution in [-0.4, -0.2) is 36.5 Å². The van der Waals surface area contributed by atoms with Crippen LogP contribution in [0.5, 0.6) is 11.5 Å². The predicted molar refractivity (Wildman–Crippen MR) is 107 cm³/mol. The zero-order chi connectivity index (χ0) is 19.3. The van der Waals surface area contributed by atoms with Gasteiger partial charge in [0, 0.05) is 6.04 Å². The summed E-state index contributed by atoms with van der Waals surface area (Å²) in [7, 11) is 1.62. The number of hydrazine groups is 1. The average Bonchev–Trinajstić information content (AvgIpc) is 3.01. The van der Waals surface area contributed by atoms with Gasteiger partial charge >= 0.3 is 0 Å². The number of hydrogen-bond acceptors (Lipinski definition) is 5. The van der Waals surface area contributed by atoms with E-state index >= 15 is 0 Å². The average molecular weight is 428 g/mol. The van der Waals surface area contributed by atoms with Gasteiger partial charge < -0.3 is 14.8 Å². The minimum atomic E-state index is -0.320. The summed E-state index contributed by atoms with van der Waals surface area (Å²) < 4.78 is 11.1. The molecule has 2 rings (SSSR count). The van der Waals surface area contributed by atoms with E-state index in [0.717, 1.165) is 17.7 Å². The van der Waals surface area contributed by atoms with Crippen molar-refractivity contribution in [1.82, 2.24) is 16.2 Å². The Bertz CT molecular complexity index is 612. The van der Waals surface area contributed by atoms with Crippen LogP contribution in [0.4, 0.5) is 0 Å².